The van der Waals surface area contributed by atoms with Gasteiger partial charge in [-0.05, 0) is 31.2 Å². The van der Waals surface area contributed by atoms with Crippen molar-refractivity contribution in [1.82, 2.24) is 5.16 Å². The third-order valence-corrected chi connectivity index (χ3v) is 3.11. The predicted octanol–water partition coefficient (Wildman–Crippen LogP) is 1.92. The van der Waals surface area contributed by atoms with Crippen molar-refractivity contribution in [3.05, 3.63) is 29.5 Å². The molecule has 1 aromatic heterocycles. The van der Waals surface area contributed by atoms with Crippen molar-refractivity contribution in [3.8, 4) is 22.8 Å². The zero-order valence-electron chi connectivity index (χ0n) is 10.8. The maximum atomic E-state index is 5.59. The van der Waals surface area contributed by atoms with Crippen LogP contribution in [0.4, 0.5) is 0 Å². The number of rotatable bonds is 3. The van der Waals surface area contributed by atoms with Crippen molar-refractivity contribution in [2.45, 2.75) is 13.3 Å². The van der Waals surface area contributed by atoms with E-state index in [1.54, 1.807) is 0 Å². The number of ether oxygens (including phenoxy) is 2. The average Bonchev–Trinajstić information content (AvgIpc) is 2.87. The summed E-state index contributed by atoms with van der Waals surface area (Å²) in [4.78, 5) is 0. The molecule has 5 nitrogen and oxygen atoms in total. The largest absolute Gasteiger partial charge is 0.486 e. The summed E-state index contributed by atoms with van der Waals surface area (Å²) < 4.78 is 16.5. The second kappa shape index (κ2) is 4.93. The van der Waals surface area contributed by atoms with Crippen LogP contribution in [0, 0.1) is 6.92 Å². The first kappa shape index (κ1) is 12.0. The first-order valence-electron chi connectivity index (χ1n) is 6.34. The summed E-state index contributed by atoms with van der Waals surface area (Å²) in [6, 6.07) is 5.83. The van der Waals surface area contributed by atoms with Crippen LogP contribution in [0.1, 0.15) is 11.3 Å². The normalized spacial score (nSPS) is 13.6. The van der Waals surface area contributed by atoms with Crippen LogP contribution in [0.15, 0.2) is 22.7 Å². The third-order valence-electron chi connectivity index (χ3n) is 3.11. The van der Waals surface area contributed by atoms with Gasteiger partial charge in [0.25, 0.3) is 0 Å². The molecule has 100 valence electrons. The van der Waals surface area contributed by atoms with Gasteiger partial charge < -0.3 is 19.7 Å². The van der Waals surface area contributed by atoms with Crippen LogP contribution in [0.25, 0.3) is 11.3 Å². The van der Waals surface area contributed by atoms with Crippen molar-refractivity contribution in [1.29, 1.82) is 0 Å². The highest BCUT2D eigenvalue weighted by molar-refractivity contribution is 5.67. The van der Waals surface area contributed by atoms with Gasteiger partial charge in [0.2, 0.25) is 0 Å². The lowest BCUT2D eigenvalue weighted by Crippen LogP contribution is -2.15. The van der Waals surface area contributed by atoms with Crippen LogP contribution in [-0.4, -0.2) is 24.9 Å². The Kier molecular flexibility index (Phi) is 3.13. The van der Waals surface area contributed by atoms with E-state index in [0.29, 0.717) is 26.2 Å². The van der Waals surface area contributed by atoms with Crippen molar-refractivity contribution in [2.24, 2.45) is 5.73 Å². The highest BCUT2D eigenvalue weighted by Gasteiger charge is 2.17. The van der Waals surface area contributed by atoms with Gasteiger partial charge >= 0.3 is 0 Å². The van der Waals surface area contributed by atoms with E-state index >= 15 is 0 Å². The Balaban J connectivity index is 1.99. The minimum Gasteiger partial charge on any atom is -0.486 e. The Morgan fingerprint density at radius 2 is 1.89 bits per heavy atom. The molecule has 0 bridgehead atoms. The lowest BCUT2D eigenvalue weighted by molar-refractivity contribution is 0.171. The number of aryl methyl sites for hydroxylation is 1. The monoisotopic (exact) mass is 260 g/mol. The minimum atomic E-state index is 0.562. The van der Waals surface area contributed by atoms with E-state index in [0.717, 1.165) is 34.1 Å². The standard InChI is InChI=1S/C14H16N2O3/c1-9-6-13-14(18-5-4-17-13)8-11(9)12-7-10(2-3-15)16-19-12/h6-8H,2-5,15H2,1H3. The van der Waals surface area contributed by atoms with E-state index in [1.807, 2.05) is 25.1 Å². The Morgan fingerprint density at radius 3 is 2.63 bits per heavy atom. The average molecular weight is 260 g/mol. The second-order valence-electron chi connectivity index (χ2n) is 4.53. The molecule has 19 heavy (non-hydrogen) atoms. The molecule has 0 amide bonds. The molecule has 1 aromatic carbocycles. The van der Waals surface area contributed by atoms with Crippen molar-refractivity contribution in [2.75, 3.05) is 19.8 Å². The molecule has 0 unspecified atom stereocenters. The van der Waals surface area contributed by atoms with Gasteiger partial charge in [-0.2, -0.15) is 0 Å². The molecule has 0 fully saturated rings. The number of hydrogen-bond donors (Lipinski definition) is 1. The Hall–Kier alpha value is -2.01. The number of fused-ring (bicyclic) bond motifs is 1. The maximum absolute atomic E-state index is 5.59. The van der Waals surface area contributed by atoms with Crippen LogP contribution in [0.5, 0.6) is 11.5 Å². The number of nitrogens with zero attached hydrogens (tertiary/aromatic N) is 1. The van der Waals surface area contributed by atoms with Gasteiger partial charge in [0.1, 0.15) is 13.2 Å². The highest BCUT2D eigenvalue weighted by Crippen LogP contribution is 2.37. The van der Waals surface area contributed by atoms with E-state index < -0.39 is 0 Å². The Morgan fingerprint density at radius 1 is 1.16 bits per heavy atom. The SMILES string of the molecule is Cc1cc2c(cc1-c1cc(CCN)no1)OCCO2. The van der Waals surface area contributed by atoms with E-state index in [-0.39, 0.29) is 0 Å². The summed E-state index contributed by atoms with van der Waals surface area (Å²) in [5.74, 6) is 2.27. The maximum Gasteiger partial charge on any atom is 0.167 e. The quantitative estimate of drug-likeness (QED) is 0.913. The van der Waals surface area contributed by atoms with Gasteiger partial charge in [-0.1, -0.05) is 5.16 Å². The zero-order chi connectivity index (χ0) is 13.2. The van der Waals surface area contributed by atoms with E-state index in [9.17, 15) is 0 Å². The van der Waals surface area contributed by atoms with Gasteiger partial charge in [0, 0.05) is 18.1 Å². The summed E-state index contributed by atoms with van der Waals surface area (Å²) in [6.07, 6.45) is 0.715. The summed E-state index contributed by atoms with van der Waals surface area (Å²) in [6.45, 7) is 3.74. The lowest BCUT2D eigenvalue weighted by Gasteiger charge is -2.19. The van der Waals surface area contributed by atoms with Crippen LogP contribution in [0.2, 0.25) is 0 Å². The van der Waals surface area contributed by atoms with Crippen LogP contribution in [0.3, 0.4) is 0 Å². The first-order chi connectivity index (χ1) is 9.28. The number of nitrogens with two attached hydrogens (primary N) is 1. The summed E-state index contributed by atoms with van der Waals surface area (Å²) in [7, 11) is 0. The first-order valence-corrected chi connectivity index (χ1v) is 6.34. The molecular weight excluding hydrogens is 244 g/mol. The van der Waals surface area contributed by atoms with Gasteiger partial charge in [-0.3, -0.25) is 0 Å². The number of hydrogen-bond acceptors (Lipinski definition) is 5. The molecule has 0 saturated carbocycles. The molecule has 0 aliphatic carbocycles. The third kappa shape index (κ3) is 2.29. The topological polar surface area (TPSA) is 70.5 Å². The lowest BCUT2D eigenvalue weighted by atomic mass is 10.0. The molecule has 3 rings (SSSR count). The molecule has 0 spiro atoms. The van der Waals surface area contributed by atoms with Gasteiger partial charge in [-0.25, -0.2) is 0 Å². The van der Waals surface area contributed by atoms with Crippen LogP contribution >= 0.6 is 0 Å². The number of aromatic nitrogens is 1. The minimum absolute atomic E-state index is 0.562. The van der Waals surface area contributed by atoms with Crippen molar-refractivity contribution < 1.29 is 14.0 Å². The summed E-state index contributed by atoms with van der Waals surface area (Å²) in [5.41, 5.74) is 8.42. The highest BCUT2D eigenvalue weighted by atomic mass is 16.6. The van der Waals surface area contributed by atoms with Crippen molar-refractivity contribution in [3.63, 3.8) is 0 Å². The Labute approximate surface area is 111 Å². The van der Waals surface area contributed by atoms with E-state index in [4.69, 9.17) is 19.7 Å². The smallest absolute Gasteiger partial charge is 0.167 e. The molecule has 5 heteroatoms. The molecule has 2 heterocycles. The fourth-order valence-electron chi connectivity index (χ4n) is 2.16. The van der Waals surface area contributed by atoms with Gasteiger partial charge in [0.05, 0.1) is 5.69 Å². The molecule has 0 radical (unpaired) electrons. The zero-order valence-corrected chi connectivity index (χ0v) is 10.8. The fraction of sp³-hybridized carbons (Fsp3) is 0.357. The fourth-order valence-corrected chi connectivity index (χ4v) is 2.16. The number of benzene rings is 1. The molecule has 1 aliphatic rings. The predicted molar refractivity (Wildman–Crippen MR) is 70.4 cm³/mol. The molecule has 0 atom stereocenters. The Bertz CT molecular complexity index is 592. The molecule has 1 aliphatic heterocycles. The molecular formula is C14H16N2O3. The van der Waals surface area contributed by atoms with E-state index in [2.05, 4.69) is 5.16 Å². The molecule has 0 saturated heterocycles. The summed E-state index contributed by atoms with van der Waals surface area (Å²) >= 11 is 0. The summed E-state index contributed by atoms with van der Waals surface area (Å²) in [5, 5.41) is 4.01. The van der Waals surface area contributed by atoms with Crippen LogP contribution in [-0.2, 0) is 6.42 Å². The van der Waals surface area contributed by atoms with Crippen molar-refractivity contribution >= 4 is 0 Å². The van der Waals surface area contributed by atoms with Crippen LogP contribution < -0.4 is 15.2 Å². The second-order valence-corrected chi connectivity index (χ2v) is 4.53. The molecule has 2 aromatic rings. The van der Waals surface area contributed by atoms with E-state index in [1.165, 1.54) is 0 Å². The van der Waals surface area contributed by atoms with Gasteiger partial charge in [-0.15, -0.1) is 0 Å². The molecule has 2 N–H and O–H groups in total. The van der Waals surface area contributed by atoms with Gasteiger partial charge in [0.15, 0.2) is 17.3 Å².